The Kier molecular flexibility index (Phi) is 4.20. The van der Waals surface area contributed by atoms with E-state index in [0.29, 0.717) is 5.69 Å². The highest BCUT2D eigenvalue weighted by Crippen LogP contribution is 2.35. The van der Waals surface area contributed by atoms with E-state index in [1.54, 1.807) is 11.8 Å². The highest BCUT2D eigenvalue weighted by atomic mass is 19.3. The number of methoxy groups -OCH3 is 1. The van der Waals surface area contributed by atoms with Crippen LogP contribution in [0.2, 0.25) is 0 Å². The molecule has 0 radical (unpaired) electrons. The van der Waals surface area contributed by atoms with E-state index in [4.69, 9.17) is 0 Å². The molecule has 1 fully saturated rings. The maximum atomic E-state index is 13.7. The lowest BCUT2D eigenvalue weighted by molar-refractivity contribution is -0.0546. The summed E-state index contributed by atoms with van der Waals surface area (Å²) in [5.41, 5.74) is 0.695. The Labute approximate surface area is 121 Å². The van der Waals surface area contributed by atoms with Crippen LogP contribution in [0.15, 0.2) is 18.7 Å². The topological polar surface area (TPSA) is 55.3 Å². The van der Waals surface area contributed by atoms with Gasteiger partial charge in [0, 0.05) is 25.2 Å². The van der Waals surface area contributed by atoms with Crippen molar-refractivity contribution >= 4 is 11.9 Å². The number of halogens is 2. The fourth-order valence-electron chi connectivity index (χ4n) is 2.26. The largest absolute Gasteiger partial charge is 0.464 e. The lowest BCUT2D eigenvalue weighted by Crippen LogP contribution is -2.47. The minimum atomic E-state index is -2.77. The van der Waals surface area contributed by atoms with Crippen LogP contribution in [-0.2, 0) is 4.74 Å². The summed E-state index contributed by atoms with van der Waals surface area (Å²) in [7, 11) is 1.26. The van der Waals surface area contributed by atoms with Gasteiger partial charge in [0.1, 0.15) is 0 Å². The highest BCUT2D eigenvalue weighted by molar-refractivity contribution is 5.87. The monoisotopic (exact) mass is 297 g/mol. The molecule has 1 atom stereocenters. The van der Waals surface area contributed by atoms with Crippen molar-refractivity contribution in [2.45, 2.75) is 19.3 Å². The van der Waals surface area contributed by atoms with Crippen molar-refractivity contribution in [1.82, 2.24) is 9.97 Å². The molecular weight excluding hydrogens is 280 g/mol. The summed E-state index contributed by atoms with van der Waals surface area (Å²) in [5.74, 6) is -4.05. The molecule has 1 aliphatic rings. The summed E-state index contributed by atoms with van der Waals surface area (Å²) < 4.78 is 32.0. The SMILES string of the molecule is C=CC1CN(c2nc(C)cc(C(=O)OC)n2)CCC1(F)F. The fraction of sp³-hybridized carbons (Fsp3) is 0.500. The molecule has 21 heavy (non-hydrogen) atoms. The van der Waals surface area contributed by atoms with Gasteiger partial charge in [-0.15, -0.1) is 6.58 Å². The highest BCUT2D eigenvalue weighted by Gasteiger charge is 2.43. The van der Waals surface area contributed by atoms with Crippen molar-refractivity contribution in [2.24, 2.45) is 5.92 Å². The van der Waals surface area contributed by atoms with E-state index >= 15 is 0 Å². The molecule has 0 spiro atoms. The van der Waals surface area contributed by atoms with Crippen LogP contribution in [0.1, 0.15) is 22.6 Å². The number of rotatable bonds is 3. The predicted molar refractivity (Wildman–Crippen MR) is 73.6 cm³/mol. The van der Waals surface area contributed by atoms with Crippen molar-refractivity contribution in [1.29, 1.82) is 0 Å². The molecule has 1 aromatic heterocycles. The van der Waals surface area contributed by atoms with E-state index in [0.717, 1.165) is 0 Å². The molecule has 7 heteroatoms. The summed E-state index contributed by atoms with van der Waals surface area (Å²) >= 11 is 0. The molecule has 0 bridgehead atoms. The molecular formula is C14H17F2N3O2. The smallest absolute Gasteiger partial charge is 0.356 e. The van der Waals surface area contributed by atoms with Gasteiger partial charge >= 0.3 is 5.97 Å². The van der Waals surface area contributed by atoms with E-state index in [1.807, 2.05) is 0 Å². The molecule has 114 valence electrons. The standard InChI is InChI=1S/C14H17F2N3O2/c1-4-10-8-19(6-5-14(10,15)16)13-17-9(2)7-11(18-13)12(20)21-3/h4,7,10H,1,5-6,8H2,2-3H3. The molecule has 0 aliphatic carbocycles. The third-order valence-electron chi connectivity index (χ3n) is 3.48. The Hall–Kier alpha value is -2.05. The number of carbonyl (C=O) groups is 1. The van der Waals surface area contributed by atoms with Gasteiger partial charge in [-0.3, -0.25) is 0 Å². The first kappa shape index (κ1) is 15.3. The van der Waals surface area contributed by atoms with E-state index < -0.39 is 17.8 Å². The normalized spacial score (nSPS) is 21.0. The van der Waals surface area contributed by atoms with E-state index in [1.165, 1.54) is 19.3 Å². The second-order valence-electron chi connectivity index (χ2n) is 4.99. The van der Waals surface area contributed by atoms with Gasteiger partial charge in [-0.25, -0.2) is 23.5 Å². The Bertz CT molecular complexity index is 563. The van der Waals surface area contributed by atoms with Gasteiger partial charge in [-0.2, -0.15) is 0 Å². The van der Waals surface area contributed by atoms with Gasteiger partial charge in [0.05, 0.1) is 13.0 Å². The maximum Gasteiger partial charge on any atom is 0.356 e. The zero-order valence-electron chi connectivity index (χ0n) is 12.0. The number of piperidine rings is 1. The van der Waals surface area contributed by atoms with Crippen LogP contribution in [0.5, 0.6) is 0 Å². The average molecular weight is 297 g/mol. The summed E-state index contributed by atoms with van der Waals surface area (Å²) in [6.45, 7) is 5.37. The van der Waals surface area contributed by atoms with Crippen LogP contribution >= 0.6 is 0 Å². The Morgan fingerprint density at radius 3 is 2.90 bits per heavy atom. The van der Waals surface area contributed by atoms with Gasteiger partial charge in [-0.1, -0.05) is 6.08 Å². The van der Waals surface area contributed by atoms with Crippen LogP contribution in [-0.4, -0.2) is 42.1 Å². The Balaban J connectivity index is 2.28. The lowest BCUT2D eigenvalue weighted by Gasteiger charge is -2.37. The van der Waals surface area contributed by atoms with Gasteiger partial charge in [0.2, 0.25) is 5.95 Å². The molecule has 0 amide bonds. The molecule has 1 aliphatic heterocycles. The molecule has 0 aromatic carbocycles. The first-order valence-electron chi connectivity index (χ1n) is 6.56. The van der Waals surface area contributed by atoms with E-state index in [2.05, 4.69) is 21.3 Å². The first-order chi connectivity index (χ1) is 9.87. The lowest BCUT2D eigenvalue weighted by atomic mass is 9.94. The molecule has 5 nitrogen and oxygen atoms in total. The molecule has 2 heterocycles. The number of alkyl halides is 2. The van der Waals surface area contributed by atoms with Crippen molar-refractivity contribution in [3.8, 4) is 0 Å². The van der Waals surface area contributed by atoms with E-state index in [-0.39, 0.29) is 31.2 Å². The summed E-state index contributed by atoms with van der Waals surface area (Å²) in [5, 5.41) is 0. The minimum absolute atomic E-state index is 0.0700. The molecule has 0 N–H and O–H groups in total. The van der Waals surface area contributed by atoms with Crippen molar-refractivity contribution in [3.05, 3.63) is 30.1 Å². The number of hydrogen-bond donors (Lipinski definition) is 0. The number of nitrogens with zero attached hydrogens (tertiary/aromatic N) is 3. The number of aryl methyl sites for hydroxylation is 1. The molecule has 2 rings (SSSR count). The summed E-state index contributed by atoms with van der Waals surface area (Å²) in [6.07, 6.45) is 0.956. The van der Waals surface area contributed by atoms with E-state index in [9.17, 15) is 13.6 Å². The third kappa shape index (κ3) is 3.17. The molecule has 1 saturated heterocycles. The molecule has 1 unspecified atom stereocenters. The zero-order chi connectivity index (χ0) is 15.6. The predicted octanol–water partition coefficient (Wildman–Crippen LogP) is 2.22. The van der Waals surface area contributed by atoms with Crippen LogP contribution in [0.3, 0.4) is 0 Å². The number of esters is 1. The van der Waals surface area contributed by atoms with Gasteiger partial charge in [0.15, 0.2) is 5.69 Å². The van der Waals surface area contributed by atoms with Gasteiger partial charge in [0.25, 0.3) is 5.92 Å². The number of anilines is 1. The Morgan fingerprint density at radius 1 is 1.57 bits per heavy atom. The molecule has 0 saturated carbocycles. The van der Waals surface area contributed by atoms with Gasteiger partial charge < -0.3 is 9.64 Å². The quantitative estimate of drug-likeness (QED) is 0.632. The number of ether oxygens (including phenoxy) is 1. The van der Waals surface area contributed by atoms with Crippen LogP contribution in [0, 0.1) is 12.8 Å². The average Bonchev–Trinajstić information content (AvgIpc) is 2.45. The zero-order valence-corrected chi connectivity index (χ0v) is 12.0. The maximum absolute atomic E-state index is 13.7. The third-order valence-corrected chi connectivity index (χ3v) is 3.48. The van der Waals surface area contributed by atoms with Crippen molar-refractivity contribution in [2.75, 3.05) is 25.1 Å². The van der Waals surface area contributed by atoms with Crippen molar-refractivity contribution < 1.29 is 18.3 Å². The summed E-state index contributed by atoms with van der Waals surface area (Å²) in [6, 6.07) is 1.50. The first-order valence-corrected chi connectivity index (χ1v) is 6.56. The minimum Gasteiger partial charge on any atom is -0.464 e. The van der Waals surface area contributed by atoms with Gasteiger partial charge in [-0.05, 0) is 13.0 Å². The summed E-state index contributed by atoms with van der Waals surface area (Å²) in [4.78, 5) is 21.5. The molecule has 1 aromatic rings. The van der Waals surface area contributed by atoms with Crippen LogP contribution in [0.4, 0.5) is 14.7 Å². The van der Waals surface area contributed by atoms with Crippen LogP contribution < -0.4 is 4.90 Å². The second kappa shape index (κ2) is 5.75. The van der Waals surface area contributed by atoms with Crippen LogP contribution in [0.25, 0.3) is 0 Å². The fourth-order valence-corrected chi connectivity index (χ4v) is 2.26. The second-order valence-corrected chi connectivity index (χ2v) is 4.99. The number of carbonyl (C=O) groups excluding carboxylic acids is 1. The van der Waals surface area contributed by atoms with Crippen molar-refractivity contribution in [3.63, 3.8) is 0 Å². The Morgan fingerprint density at radius 2 is 2.29 bits per heavy atom. The number of hydrogen-bond acceptors (Lipinski definition) is 5. The number of aromatic nitrogens is 2.